The third-order valence-electron chi connectivity index (χ3n) is 12.2. The van der Waals surface area contributed by atoms with E-state index in [1.807, 2.05) is 12.1 Å². The van der Waals surface area contributed by atoms with Crippen LogP contribution in [0.5, 0.6) is 0 Å². The molecule has 8 aromatic carbocycles. The van der Waals surface area contributed by atoms with Gasteiger partial charge in [-0.3, -0.25) is 4.57 Å². The van der Waals surface area contributed by atoms with Crippen molar-refractivity contribution in [3.05, 3.63) is 198 Å². The molecule has 1 spiro atoms. The number of furan rings is 1. The van der Waals surface area contributed by atoms with E-state index < -0.39 is 5.41 Å². The molecule has 0 saturated heterocycles. The molecule has 4 heteroatoms. The van der Waals surface area contributed by atoms with Gasteiger partial charge in [0.25, 0.3) is 0 Å². The molecule has 3 aromatic heterocycles. The van der Waals surface area contributed by atoms with Gasteiger partial charge in [0.2, 0.25) is 5.95 Å². The van der Waals surface area contributed by atoms with E-state index in [1.54, 1.807) is 0 Å². The van der Waals surface area contributed by atoms with Gasteiger partial charge in [0, 0.05) is 21.7 Å². The van der Waals surface area contributed by atoms with Crippen molar-refractivity contribution >= 4 is 54.6 Å². The number of rotatable bonds is 2. The van der Waals surface area contributed by atoms with Gasteiger partial charge in [-0.25, -0.2) is 9.97 Å². The van der Waals surface area contributed by atoms with E-state index in [0.29, 0.717) is 11.5 Å². The average Bonchev–Trinajstić information content (AvgIpc) is 3.96. The summed E-state index contributed by atoms with van der Waals surface area (Å²) in [5, 5.41) is 5.69. The molecule has 3 heterocycles. The Labute approximate surface area is 315 Å². The minimum absolute atomic E-state index is 0.466. The van der Waals surface area contributed by atoms with E-state index in [4.69, 9.17) is 14.4 Å². The van der Waals surface area contributed by atoms with E-state index in [2.05, 4.69) is 168 Å². The van der Waals surface area contributed by atoms with Crippen LogP contribution in [0.25, 0.3) is 94.1 Å². The lowest BCUT2D eigenvalue weighted by atomic mass is 9.70. The van der Waals surface area contributed by atoms with Crippen LogP contribution in [0.4, 0.5) is 0 Å². The maximum absolute atomic E-state index is 6.79. The van der Waals surface area contributed by atoms with E-state index in [1.165, 1.54) is 66.1 Å². The molecule has 11 aromatic rings. The van der Waals surface area contributed by atoms with Gasteiger partial charge in [0.1, 0.15) is 16.8 Å². The lowest BCUT2D eigenvalue weighted by Crippen LogP contribution is -2.25. The molecule has 4 nitrogen and oxygen atoms in total. The van der Waals surface area contributed by atoms with Gasteiger partial charge in [-0.05, 0) is 85.6 Å². The van der Waals surface area contributed by atoms with Crippen LogP contribution in [-0.2, 0) is 5.41 Å². The summed E-state index contributed by atoms with van der Waals surface area (Å²) in [5.41, 5.74) is 15.9. The number of nitrogens with zero attached hydrogens (tertiary/aromatic N) is 3. The molecule has 0 fully saturated rings. The van der Waals surface area contributed by atoms with Crippen LogP contribution in [0.3, 0.4) is 0 Å². The number of hydrogen-bond donors (Lipinski definition) is 0. The normalized spacial score (nSPS) is 13.6. The molecule has 0 amide bonds. The van der Waals surface area contributed by atoms with Crippen LogP contribution >= 0.6 is 0 Å². The molecular weight excluding hydrogens is 671 g/mol. The van der Waals surface area contributed by atoms with Crippen molar-refractivity contribution in [2.45, 2.75) is 5.41 Å². The van der Waals surface area contributed by atoms with E-state index in [9.17, 15) is 0 Å². The maximum atomic E-state index is 6.79. The quantitative estimate of drug-likeness (QED) is 0.180. The van der Waals surface area contributed by atoms with Gasteiger partial charge in [-0.15, -0.1) is 0 Å². The van der Waals surface area contributed by atoms with Gasteiger partial charge in [0.15, 0.2) is 5.58 Å². The van der Waals surface area contributed by atoms with Crippen molar-refractivity contribution in [1.82, 2.24) is 14.5 Å². The van der Waals surface area contributed by atoms with Crippen LogP contribution in [0.15, 0.2) is 180 Å². The number of benzene rings is 8. The molecule has 0 N–H and O–H groups in total. The molecule has 55 heavy (non-hydrogen) atoms. The first-order valence-electron chi connectivity index (χ1n) is 18.8. The van der Waals surface area contributed by atoms with Crippen LogP contribution in [0, 0.1) is 0 Å². The lowest BCUT2D eigenvalue weighted by molar-refractivity contribution is 0.666. The van der Waals surface area contributed by atoms with Crippen molar-refractivity contribution in [2.24, 2.45) is 0 Å². The first-order chi connectivity index (χ1) is 27.3. The van der Waals surface area contributed by atoms with Gasteiger partial charge < -0.3 is 4.42 Å². The smallest absolute Gasteiger partial charge is 0.236 e. The Bertz CT molecular complexity index is 3410. The molecule has 0 radical (unpaired) electrons. The second-order valence-electron chi connectivity index (χ2n) is 14.8. The monoisotopic (exact) mass is 699 g/mol. The molecule has 2 aliphatic carbocycles. The number of fused-ring (bicyclic) bond motifs is 17. The summed E-state index contributed by atoms with van der Waals surface area (Å²) in [6.45, 7) is 0. The minimum atomic E-state index is -0.466. The molecule has 2 aliphatic rings. The summed E-state index contributed by atoms with van der Waals surface area (Å²) in [4.78, 5) is 11.0. The Morgan fingerprint density at radius 3 is 1.80 bits per heavy atom. The van der Waals surface area contributed by atoms with Crippen molar-refractivity contribution in [2.75, 3.05) is 0 Å². The Kier molecular flexibility index (Phi) is 5.54. The fourth-order valence-corrected chi connectivity index (χ4v) is 10.1. The van der Waals surface area contributed by atoms with Crippen LogP contribution < -0.4 is 0 Å². The lowest BCUT2D eigenvalue weighted by Gasteiger charge is -2.30. The SMILES string of the molecule is c1ccc2c(c1)-c1ccccc1C21c2ccccc2-c2c(-c3nc(-n4c5ccccc5c5cc6ccccc6cc54)nc4c3oc3ccccc34)cccc21. The van der Waals surface area contributed by atoms with Crippen molar-refractivity contribution in [3.8, 4) is 39.5 Å². The zero-order valence-corrected chi connectivity index (χ0v) is 29.5. The predicted molar refractivity (Wildman–Crippen MR) is 223 cm³/mol. The number of hydrogen-bond acceptors (Lipinski definition) is 3. The molecular formula is C51H29N3O. The molecule has 13 rings (SSSR count). The summed E-state index contributed by atoms with van der Waals surface area (Å²) in [5.74, 6) is 0.616. The maximum Gasteiger partial charge on any atom is 0.236 e. The second kappa shape index (κ2) is 10.4. The molecule has 254 valence electrons. The average molecular weight is 700 g/mol. The zero-order valence-electron chi connectivity index (χ0n) is 29.5. The zero-order chi connectivity index (χ0) is 35.8. The predicted octanol–water partition coefficient (Wildman–Crippen LogP) is 12.6. The Morgan fingerprint density at radius 1 is 0.436 bits per heavy atom. The summed E-state index contributed by atoms with van der Waals surface area (Å²) in [7, 11) is 0. The van der Waals surface area contributed by atoms with E-state index >= 15 is 0 Å². The third kappa shape index (κ3) is 3.61. The Balaban J connectivity index is 1.17. The Hall–Kier alpha value is -7.30. The molecule has 0 saturated carbocycles. The standard InChI is InChI=1S/C51H29N3O/c1-2-15-31-29-44-38(28-30(31)14-1)34-18-6-11-26-43(34)54(44)50-52-47-36-20-7-12-27-45(36)55-49(47)48(53-50)37-21-13-25-42-46(37)35-19-5-10-24-41(35)51(42)39-22-8-3-16-32(39)33-17-4-9-23-40(33)51/h1-29H. The van der Waals surface area contributed by atoms with Gasteiger partial charge in [0.05, 0.1) is 16.4 Å². The van der Waals surface area contributed by atoms with Crippen molar-refractivity contribution in [3.63, 3.8) is 0 Å². The highest BCUT2D eigenvalue weighted by Gasteiger charge is 2.52. The topological polar surface area (TPSA) is 43.9 Å². The second-order valence-corrected chi connectivity index (χ2v) is 14.8. The van der Waals surface area contributed by atoms with Crippen LogP contribution in [0.2, 0.25) is 0 Å². The minimum Gasteiger partial charge on any atom is -0.452 e. The summed E-state index contributed by atoms with van der Waals surface area (Å²) < 4.78 is 9.03. The third-order valence-corrected chi connectivity index (χ3v) is 12.2. The van der Waals surface area contributed by atoms with Crippen molar-refractivity contribution in [1.29, 1.82) is 0 Å². The highest BCUT2D eigenvalue weighted by molar-refractivity contribution is 6.14. The van der Waals surface area contributed by atoms with Crippen LogP contribution in [-0.4, -0.2) is 14.5 Å². The Morgan fingerprint density at radius 2 is 1.02 bits per heavy atom. The van der Waals surface area contributed by atoms with Crippen LogP contribution in [0.1, 0.15) is 22.3 Å². The molecule has 0 aliphatic heterocycles. The summed E-state index contributed by atoms with van der Waals surface area (Å²) in [6.07, 6.45) is 0. The highest BCUT2D eigenvalue weighted by atomic mass is 16.3. The van der Waals surface area contributed by atoms with Gasteiger partial charge >= 0.3 is 0 Å². The molecule has 0 bridgehead atoms. The van der Waals surface area contributed by atoms with Crippen molar-refractivity contribution < 1.29 is 4.42 Å². The largest absolute Gasteiger partial charge is 0.452 e. The summed E-state index contributed by atoms with van der Waals surface area (Å²) in [6, 6.07) is 63.5. The fraction of sp³-hybridized carbons (Fsp3) is 0.0196. The number of aromatic nitrogens is 3. The first-order valence-corrected chi connectivity index (χ1v) is 18.8. The first kappa shape index (κ1) is 29.2. The van der Waals surface area contributed by atoms with Gasteiger partial charge in [-0.2, -0.15) is 0 Å². The van der Waals surface area contributed by atoms with Gasteiger partial charge in [-0.1, -0.05) is 146 Å². The molecule has 0 atom stereocenters. The molecule has 0 unspecified atom stereocenters. The van der Waals surface area contributed by atoms with E-state index in [0.717, 1.165) is 38.8 Å². The van der Waals surface area contributed by atoms with E-state index in [-0.39, 0.29) is 0 Å². The fourth-order valence-electron chi connectivity index (χ4n) is 10.1. The number of para-hydroxylation sites is 2. The summed E-state index contributed by atoms with van der Waals surface area (Å²) >= 11 is 0. The highest BCUT2D eigenvalue weighted by Crippen LogP contribution is 2.64.